The van der Waals surface area contributed by atoms with Crippen molar-refractivity contribution in [3.05, 3.63) is 29.8 Å². The Morgan fingerprint density at radius 2 is 2.18 bits per heavy atom. The van der Waals surface area contributed by atoms with E-state index in [0.717, 1.165) is 51.0 Å². The molecular weight excluding hydrogens is 276 g/mol. The lowest BCUT2D eigenvalue weighted by atomic mass is 10.1. The van der Waals surface area contributed by atoms with Crippen molar-refractivity contribution < 1.29 is 9.90 Å². The first-order valence-corrected chi connectivity index (χ1v) is 8.40. The molecule has 2 unspecified atom stereocenters. The van der Waals surface area contributed by atoms with Crippen LogP contribution in [0.25, 0.3) is 0 Å². The molecule has 1 saturated carbocycles. The van der Waals surface area contributed by atoms with E-state index < -0.39 is 0 Å². The summed E-state index contributed by atoms with van der Waals surface area (Å²) in [5.74, 6) is 0.594. The average Bonchev–Trinajstić information content (AvgIpc) is 3.12. The van der Waals surface area contributed by atoms with Crippen molar-refractivity contribution in [3.8, 4) is 0 Å². The van der Waals surface area contributed by atoms with Crippen LogP contribution >= 0.6 is 0 Å². The van der Waals surface area contributed by atoms with Crippen LogP contribution in [0.5, 0.6) is 0 Å². The molecule has 1 aromatic carbocycles. The summed E-state index contributed by atoms with van der Waals surface area (Å²) in [6, 6.07) is 8.18. The molecule has 1 heterocycles. The quantitative estimate of drug-likeness (QED) is 0.905. The molecule has 1 aliphatic carbocycles. The fourth-order valence-electron chi connectivity index (χ4n) is 3.74. The van der Waals surface area contributed by atoms with E-state index in [1.54, 1.807) is 0 Å². The second-order valence-electron chi connectivity index (χ2n) is 6.69. The second kappa shape index (κ2) is 6.80. The molecule has 0 saturated heterocycles. The van der Waals surface area contributed by atoms with Crippen molar-refractivity contribution in [3.63, 3.8) is 0 Å². The highest BCUT2D eigenvalue weighted by Crippen LogP contribution is 2.28. The minimum atomic E-state index is -0.149. The SMILES string of the molecule is CN(CCC(=O)N1CCc2ccccc21)CC1CCCC1O. The van der Waals surface area contributed by atoms with Gasteiger partial charge in [0.05, 0.1) is 6.10 Å². The lowest BCUT2D eigenvalue weighted by Gasteiger charge is -2.24. The minimum absolute atomic E-state index is 0.149. The van der Waals surface area contributed by atoms with E-state index in [-0.39, 0.29) is 12.0 Å². The van der Waals surface area contributed by atoms with Crippen molar-refractivity contribution in [2.75, 3.05) is 31.6 Å². The highest BCUT2D eigenvalue weighted by Gasteiger charge is 2.27. The molecule has 0 bridgehead atoms. The summed E-state index contributed by atoms with van der Waals surface area (Å²) in [6.07, 6.45) is 4.53. The van der Waals surface area contributed by atoms with E-state index in [1.807, 2.05) is 23.1 Å². The van der Waals surface area contributed by atoms with Gasteiger partial charge in [0.15, 0.2) is 0 Å². The summed E-state index contributed by atoms with van der Waals surface area (Å²) in [6.45, 7) is 2.47. The summed E-state index contributed by atoms with van der Waals surface area (Å²) in [5.41, 5.74) is 2.36. The van der Waals surface area contributed by atoms with Crippen LogP contribution in [0.1, 0.15) is 31.2 Å². The minimum Gasteiger partial charge on any atom is -0.393 e. The van der Waals surface area contributed by atoms with Crippen LogP contribution < -0.4 is 4.90 Å². The van der Waals surface area contributed by atoms with E-state index in [4.69, 9.17) is 0 Å². The lowest BCUT2D eigenvalue weighted by molar-refractivity contribution is -0.118. The molecule has 0 radical (unpaired) electrons. The van der Waals surface area contributed by atoms with Gasteiger partial charge in [-0.15, -0.1) is 0 Å². The zero-order chi connectivity index (χ0) is 15.5. The summed E-state index contributed by atoms with van der Waals surface area (Å²) >= 11 is 0. The van der Waals surface area contributed by atoms with Gasteiger partial charge in [-0.3, -0.25) is 4.79 Å². The predicted molar refractivity (Wildman–Crippen MR) is 88.0 cm³/mol. The molecule has 2 aliphatic rings. The van der Waals surface area contributed by atoms with Gasteiger partial charge in [-0.25, -0.2) is 0 Å². The number of hydrogen-bond acceptors (Lipinski definition) is 3. The number of anilines is 1. The van der Waals surface area contributed by atoms with Gasteiger partial charge in [0.25, 0.3) is 0 Å². The van der Waals surface area contributed by atoms with Crippen LogP contribution in [-0.2, 0) is 11.2 Å². The second-order valence-corrected chi connectivity index (χ2v) is 6.69. The summed E-state index contributed by atoms with van der Waals surface area (Å²) < 4.78 is 0. The molecule has 3 rings (SSSR count). The number of nitrogens with zero attached hydrogens (tertiary/aromatic N) is 2. The first kappa shape index (κ1) is 15.5. The van der Waals surface area contributed by atoms with Crippen LogP contribution in [0.4, 0.5) is 5.69 Å². The van der Waals surface area contributed by atoms with Crippen molar-refractivity contribution >= 4 is 11.6 Å². The molecule has 1 N–H and O–H groups in total. The predicted octanol–water partition coefficient (Wildman–Crippen LogP) is 2.06. The number of para-hydroxylation sites is 1. The van der Waals surface area contributed by atoms with Crippen LogP contribution in [0, 0.1) is 5.92 Å². The largest absolute Gasteiger partial charge is 0.393 e. The number of carbonyl (C=O) groups is 1. The van der Waals surface area contributed by atoms with Gasteiger partial charge in [-0.1, -0.05) is 24.6 Å². The number of amides is 1. The maximum Gasteiger partial charge on any atom is 0.228 e. The monoisotopic (exact) mass is 302 g/mol. The van der Waals surface area contributed by atoms with Crippen molar-refractivity contribution in [1.82, 2.24) is 4.90 Å². The van der Waals surface area contributed by atoms with Crippen LogP contribution in [0.2, 0.25) is 0 Å². The topological polar surface area (TPSA) is 43.8 Å². The number of rotatable bonds is 5. The van der Waals surface area contributed by atoms with E-state index in [9.17, 15) is 9.90 Å². The fourth-order valence-corrected chi connectivity index (χ4v) is 3.74. The van der Waals surface area contributed by atoms with Gasteiger partial charge < -0.3 is 14.9 Å². The number of fused-ring (bicyclic) bond motifs is 1. The Balaban J connectivity index is 1.48. The molecule has 22 heavy (non-hydrogen) atoms. The standard InChI is InChI=1S/C18H26N2O2/c1-19(13-15-6-4-8-17(15)21)11-10-18(22)20-12-9-14-5-2-3-7-16(14)20/h2-3,5,7,15,17,21H,4,6,8-13H2,1H3. The fraction of sp³-hybridized carbons (Fsp3) is 0.611. The maximum atomic E-state index is 12.5. The van der Waals surface area contributed by atoms with Crippen molar-refractivity contribution in [2.24, 2.45) is 5.92 Å². The first-order valence-electron chi connectivity index (χ1n) is 8.40. The van der Waals surface area contributed by atoms with E-state index in [2.05, 4.69) is 18.0 Å². The van der Waals surface area contributed by atoms with E-state index >= 15 is 0 Å². The summed E-state index contributed by atoms with van der Waals surface area (Å²) in [7, 11) is 2.05. The number of benzene rings is 1. The van der Waals surface area contributed by atoms with Gasteiger partial charge >= 0.3 is 0 Å². The third kappa shape index (κ3) is 3.33. The average molecular weight is 302 g/mol. The maximum absolute atomic E-state index is 12.5. The normalized spacial score (nSPS) is 24.0. The van der Waals surface area contributed by atoms with Crippen molar-refractivity contribution in [1.29, 1.82) is 0 Å². The smallest absolute Gasteiger partial charge is 0.228 e. The number of hydrogen-bond donors (Lipinski definition) is 1. The Morgan fingerprint density at radius 1 is 1.36 bits per heavy atom. The molecule has 120 valence electrons. The van der Waals surface area contributed by atoms with E-state index in [1.165, 1.54) is 5.56 Å². The Bertz CT molecular complexity index is 532. The Labute approximate surface area is 132 Å². The molecule has 1 amide bonds. The van der Waals surface area contributed by atoms with Gasteiger partial charge in [0.1, 0.15) is 0 Å². The third-order valence-corrected chi connectivity index (χ3v) is 5.06. The van der Waals surface area contributed by atoms with Crippen LogP contribution in [-0.4, -0.2) is 48.7 Å². The molecule has 1 fully saturated rings. The lowest BCUT2D eigenvalue weighted by Crippen LogP contribution is -2.35. The molecule has 4 nitrogen and oxygen atoms in total. The number of aliphatic hydroxyl groups is 1. The summed E-state index contributed by atoms with van der Waals surface area (Å²) in [4.78, 5) is 16.6. The van der Waals surface area contributed by atoms with Gasteiger partial charge in [-0.2, -0.15) is 0 Å². The van der Waals surface area contributed by atoms with Crippen LogP contribution in [0.3, 0.4) is 0 Å². The first-order chi connectivity index (χ1) is 10.6. The number of carbonyl (C=O) groups excluding carboxylic acids is 1. The zero-order valence-electron chi connectivity index (χ0n) is 13.4. The Hall–Kier alpha value is -1.39. The molecular formula is C18H26N2O2. The highest BCUT2D eigenvalue weighted by atomic mass is 16.3. The van der Waals surface area contributed by atoms with Gasteiger partial charge in [-0.05, 0) is 43.9 Å². The van der Waals surface area contributed by atoms with Gasteiger partial charge in [0, 0.05) is 31.7 Å². The molecule has 0 spiro atoms. The molecule has 2 atom stereocenters. The zero-order valence-corrected chi connectivity index (χ0v) is 13.4. The Morgan fingerprint density at radius 3 is 2.95 bits per heavy atom. The molecule has 4 heteroatoms. The van der Waals surface area contributed by atoms with Gasteiger partial charge in [0.2, 0.25) is 5.91 Å². The number of aliphatic hydroxyl groups excluding tert-OH is 1. The molecule has 0 aromatic heterocycles. The Kier molecular flexibility index (Phi) is 4.79. The van der Waals surface area contributed by atoms with E-state index in [0.29, 0.717) is 12.3 Å². The van der Waals surface area contributed by atoms with Crippen molar-refractivity contribution in [2.45, 2.75) is 38.2 Å². The summed E-state index contributed by atoms with van der Waals surface area (Å²) in [5, 5.41) is 9.90. The third-order valence-electron chi connectivity index (χ3n) is 5.06. The highest BCUT2D eigenvalue weighted by molar-refractivity contribution is 5.95. The molecule has 1 aromatic rings. The molecule has 1 aliphatic heterocycles. The van der Waals surface area contributed by atoms with Crippen LogP contribution in [0.15, 0.2) is 24.3 Å².